The van der Waals surface area contributed by atoms with Crippen molar-refractivity contribution in [3.05, 3.63) is 64.5 Å². The summed E-state index contributed by atoms with van der Waals surface area (Å²) in [7, 11) is 0. The summed E-state index contributed by atoms with van der Waals surface area (Å²) in [6, 6.07) is 9.92. The number of rotatable bonds is 10. The van der Waals surface area contributed by atoms with Gasteiger partial charge >= 0.3 is 0 Å². The maximum atomic E-state index is 13.5. The number of benzene rings is 2. The lowest BCUT2D eigenvalue weighted by Gasteiger charge is -2.09. The van der Waals surface area contributed by atoms with Crippen LogP contribution in [0.15, 0.2) is 47.3 Å². The van der Waals surface area contributed by atoms with E-state index in [4.69, 9.17) is 0 Å². The van der Waals surface area contributed by atoms with Crippen molar-refractivity contribution in [2.24, 2.45) is 0 Å². The van der Waals surface area contributed by atoms with Gasteiger partial charge in [-0.05, 0) is 31.0 Å². The van der Waals surface area contributed by atoms with Crippen LogP contribution in [0.2, 0.25) is 0 Å². The molecule has 1 aromatic heterocycles. The number of nitrogens with one attached hydrogen (secondary N) is 4. The van der Waals surface area contributed by atoms with E-state index in [2.05, 4.69) is 26.1 Å². The van der Waals surface area contributed by atoms with Crippen LogP contribution in [-0.4, -0.2) is 35.1 Å². The van der Waals surface area contributed by atoms with Crippen molar-refractivity contribution in [1.82, 2.24) is 15.5 Å². The molecule has 32 heavy (non-hydrogen) atoms. The second kappa shape index (κ2) is 11.0. The fraction of sp³-hybridized carbons (Fsp3) is 0.273. The minimum absolute atomic E-state index is 0.00980. The molecule has 3 aromatic rings. The van der Waals surface area contributed by atoms with Gasteiger partial charge in [-0.15, -0.1) is 0 Å². The molecular weight excluding hydrogens is 420 g/mol. The molecule has 1 heterocycles. The molecule has 4 N–H and O–H groups in total. The molecule has 168 valence electrons. The highest BCUT2D eigenvalue weighted by Gasteiger charge is 2.10. The molecule has 0 aliphatic rings. The summed E-state index contributed by atoms with van der Waals surface area (Å²) in [5.74, 6) is -1.52. The molecule has 3 rings (SSSR count). The summed E-state index contributed by atoms with van der Waals surface area (Å²) in [5, 5.41) is 15.9. The lowest BCUT2D eigenvalue weighted by Crippen LogP contribution is -2.26. The van der Waals surface area contributed by atoms with Crippen molar-refractivity contribution < 1.29 is 18.4 Å². The average molecular weight is 443 g/mol. The van der Waals surface area contributed by atoms with Crippen LogP contribution in [0.1, 0.15) is 25.7 Å². The second-order valence-electron chi connectivity index (χ2n) is 7.10. The molecule has 0 spiro atoms. The number of amides is 2. The second-order valence-corrected chi connectivity index (χ2v) is 7.10. The first-order valence-electron chi connectivity index (χ1n) is 10.2. The Balaban J connectivity index is 1.32. The van der Waals surface area contributed by atoms with Gasteiger partial charge in [0.2, 0.25) is 11.8 Å². The van der Waals surface area contributed by atoms with Gasteiger partial charge in [0.15, 0.2) is 5.82 Å². The molecule has 2 aromatic carbocycles. The predicted octanol–water partition coefficient (Wildman–Crippen LogP) is 2.93. The summed E-state index contributed by atoms with van der Waals surface area (Å²) >= 11 is 0. The maximum absolute atomic E-state index is 13.5. The van der Waals surface area contributed by atoms with E-state index in [9.17, 15) is 23.2 Å². The third kappa shape index (κ3) is 6.34. The van der Waals surface area contributed by atoms with E-state index in [1.165, 1.54) is 0 Å². The number of carbonyl (C=O) groups excluding carboxylic acids is 2. The zero-order valence-electron chi connectivity index (χ0n) is 17.2. The summed E-state index contributed by atoms with van der Waals surface area (Å²) in [6.45, 7) is 0.957. The molecule has 0 unspecified atom stereocenters. The number of fused-ring (bicyclic) bond motifs is 1. The van der Waals surface area contributed by atoms with Gasteiger partial charge in [-0.2, -0.15) is 5.10 Å². The maximum Gasteiger partial charge on any atom is 0.272 e. The van der Waals surface area contributed by atoms with Crippen LogP contribution in [0.5, 0.6) is 0 Å². The van der Waals surface area contributed by atoms with E-state index in [0.29, 0.717) is 30.7 Å². The Morgan fingerprint density at radius 1 is 0.938 bits per heavy atom. The quantitative estimate of drug-likeness (QED) is 0.360. The van der Waals surface area contributed by atoms with Gasteiger partial charge in [0.1, 0.15) is 11.6 Å². The lowest BCUT2D eigenvalue weighted by molar-refractivity contribution is -0.121. The Bertz CT molecular complexity index is 1170. The molecule has 0 aliphatic heterocycles. The molecule has 0 radical (unpaired) electrons. The van der Waals surface area contributed by atoms with Crippen LogP contribution < -0.4 is 21.5 Å². The van der Waals surface area contributed by atoms with E-state index < -0.39 is 17.5 Å². The van der Waals surface area contributed by atoms with Gasteiger partial charge in [0.05, 0.1) is 11.1 Å². The standard InChI is InChI=1S/C22H23F2N5O3/c23-14-9-10-17(24)18(13-14)27-20(31)8-3-7-19(30)25-11-4-12-26-21-15-5-1-2-6-16(15)22(32)29-28-21/h1-2,5-6,9-10,13H,3-4,7-8,11-12H2,(H,25,30)(H,26,28)(H,27,31)(H,29,32). The number of nitrogens with zero attached hydrogens (tertiary/aromatic N) is 1. The van der Waals surface area contributed by atoms with Crippen LogP contribution >= 0.6 is 0 Å². The lowest BCUT2D eigenvalue weighted by atomic mass is 10.2. The fourth-order valence-corrected chi connectivity index (χ4v) is 3.08. The van der Waals surface area contributed by atoms with Crippen molar-refractivity contribution >= 4 is 34.1 Å². The number of hydrogen-bond acceptors (Lipinski definition) is 5. The Morgan fingerprint density at radius 2 is 1.69 bits per heavy atom. The number of H-pyrrole nitrogens is 1. The Labute approximate surface area is 182 Å². The monoisotopic (exact) mass is 443 g/mol. The smallest absolute Gasteiger partial charge is 0.272 e. The number of hydrogen-bond donors (Lipinski definition) is 4. The number of carbonyl (C=O) groups is 2. The summed E-state index contributed by atoms with van der Waals surface area (Å²) < 4.78 is 26.6. The van der Waals surface area contributed by atoms with Crippen molar-refractivity contribution in [1.29, 1.82) is 0 Å². The van der Waals surface area contributed by atoms with Crippen molar-refractivity contribution in [2.75, 3.05) is 23.7 Å². The molecule has 0 saturated carbocycles. The Kier molecular flexibility index (Phi) is 7.85. The first kappa shape index (κ1) is 22.9. The van der Waals surface area contributed by atoms with Crippen LogP contribution in [0.25, 0.3) is 10.8 Å². The molecule has 0 aliphatic carbocycles. The van der Waals surface area contributed by atoms with Crippen LogP contribution in [0, 0.1) is 11.6 Å². The number of aromatic nitrogens is 2. The van der Waals surface area contributed by atoms with Gasteiger partial charge < -0.3 is 16.0 Å². The zero-order valence-corrected chi connectivity index (χ0v) is 17.2. The molecule has 0 atom stereocenters. The highest BCUT2D eigenvalue weighted by Crippen LogP contribution is 2.17. The SMILES string of the molecule is O=C(CCCC(=O)Nc1cc(F)ccc1F)NCCCNc1n[nH]c(=O)c2ccccc12. The first-order chi connectivity index (χ1) is 15.4. The minimum atomic E-state index is -0.726. The normalized spacial score (nSPS) is 10.7. The van der Waals surface area contributed by atoms with Crippen molar-refractivity contribution in [3.8, 4) is 0 Å². The minimum Gasteiger partial charge on any atom is -0.368 e. The molecule has 0 bridgehead atoms. The number of halogens is 2. The summed E-state index contributed by atoms with van der Waals surface area (Å²) in [4.78, 5) is 35.5. The topological polar surface area (TPSA) is 116 Å². The highest BCUT2D eigenvalue weighted by atomic mass is 19.1. The average Bonchev–Trinajstić information content (AvgIpc) is 2.77. The van der Waals surface area contributed by atoms with Crippen LogP contribution in [-0.2, 0) is 9.59 Å². The summed E-state index contributed by atoms with van der Waals surface area (Å²) in [6.07, 6.45) is 1.05. The van der Waals surface area contributed by atoms with E-state index in [-0.39, 0.29) is 36.4 Å². The highest BCUT2D eigenvalue weighted by molar-refractivity contribution is 5.91. The van der Waals surface area contributed by atoms with Gasteiger partial charge in [0.25, 0.3) is 5.56 Å². The number of aromatic amines is 1. The number of anilines is 2. The first-order valence-corrected chi connectivity index (χ1v) is 10.2. The molecule has 10 heteroatoms. The molecule has 8 nitrogen and oxygen atoms in total. The van der Waals surface area contributed by atoms with Crippen molar-refractivity contribution in [3.63, 3.8) is 0 Å². The Morgan fingerprint density at radius 3 is 2.50 bits per heavy atom. The van der Waals surface area contributed by atoms with Gasteiger partial charge in [-0.3, -0.25) is 14.4 Å². The van der Waals surface area contributed by atoms with Crippen molar-refractivity contribution in [2.45, 2.75) is 25.7 Å². The van der Waals surface area contributed by atoms with Gasteiger partial charge in [-0.1, -0.05) is 18.2 Å². The van der Waals surface area contributed by atoms with E-state index in [1.54, 1.807) is 18.2 Å². The van der Waals surface area contributed by atoms with Gasteiger partial charge in [0, 0.05) is 37.4 Å². The third-order valence-corrected chi connectivity index (χ3v) is 4.67. The van der Waals surface area contributed by atoms with Crippen LogP contribution in [0.3, 0.4) is 0 Å². The fourth-order valence-electron chi connectivity index (χ4n) is 3.08. The van der Waals surface area contributed by atoms with Crippen LogP contribution in [0.4, 0.5) is 20.3 Å². The van der Waals surface area contributed by atoms with E-state index in [0.717, 1.165) is 23.6 Å². The zero-order chi connectivity index (χ0) is 22.9. The Hall–Kier alpha value is -3.82. The predicted molar refractivity (Wildman–Crippen MR) is 117 cm³/mol. The molecule has 2 amide bonds. The van der Waals surface area contributed by atoms with E-state index in [1.807, 2.05) is 6.07 Å². The van der Waals surface area contributed by atoms with E-state index >= 15 is 0 Å². The largest absolute Gasteiger partial charge is 0.368 e. The molecule has 0 saturated heterocycles. The molecular formula is C22H23F2N5O3. The summed E-state index contributed by atoms with van der Waals surface area (Å²) in [5.41, 5.74) is -0.482. The third-order valence-electron chi connectivity index (χ3n) is 4.67. The molecule has 0 fully saturated rings. The van der Waals surface area contributed by atoms with Gasteiger partial charge in [-0.25, -0.2) is 13.9 Å².